The monoisotopic (exact) mass is 394 g/mol. The number of anilines is 3. The van der Waals surface area contributed by atoms with Crippen molar-refractivity contribution < 1.29 is 4.79 Å². The molecule has 0 atom stereocenters. The number of pyridine rings is 1. The minimum absolute atomic E-state index is 0.312. The molecule has 1 amide bonds. The van der Waals surface area contributed by atoms with Crippen LogP contribution in [0.25, 0.3) is 0 Å². The summed E-state index contributed by atoms with van der Waals surface area (Å²) in [5.41, 5.74) is 1.14. The van der Waals surface area contributed by atoms with Gasteiger partial charge in [0.1, 0.15) is 23.8 Å². The van der Waals surface area contributed by atoms with Gasteiger partial charge < -0.3 is 15.1 Å². The lowest BCUT2D eigenvalue weighted by atomic mass is 10.0. The number of carbonyl (C=O) groups excluding carboxylic acids is 1. The highest BCUT2D eigenvalue weighted by Crippen LogP contribution is 2.29. The van der Waals surface area contributed by atoms with Gasteiger partial charge in [-0.25, -0.2) is 15.0 Å². The van der Waals surface area contributed by atoms with Crippen molar-refractivity contribution in [2.45, 2.75) is 45.4 Å². The molecule has 0 aromatic carbocycles. The summed E-state index contributed by atoms with van der Waals surface area (Å²) in [5, 5.41) is 3.24. The smallest absolute Gasteiger partial charge is 0.222 e. The van der Waals surface area contributed by atoms with Gasteiger partial charge in [0.05, 0.1) is 0 Å². The Morgan fingerprint density at radius 2 is 1.83 bits per heavy atom. The standard InChI is InChI=1S/C22H30N6O/c1-17-8-9-23-19(14-17)26-20-15-21(25-16-24-20)27-10-12-28(13-11-27)22(29)7-6-18-4-2-3-5-18/h8-9,14-16,18H,2-7,10-13H2,1H3,(H,23,24,25,26). The second kappa shape index (κ2) is 9.20. The van der Waals surface area contributed by atoms with Gasteiger partial charge in [-0.1, -0.05) is 25.7 Å². The van der Waals surface area contributed by atoms with E-state index < -0.39 is 0 Å². The van der Waals surface area contributed by atoms with Crippen LogP contribution in [-0.4, -0.2) is 51.9 Å². The average molecular weight is 395 g/mol. The molecule has 0 radical (unpaired) electrons. The number of rotatable bonds is 6. The molecule has 2 aliphatic rings. The number of amides is 1. The predicted octanol–water partition coefficient (Wildman–Crippen LogP) is 3.54. The van der Waals surface area contributed by atoms with Crippen molar-refractivity contribution in [1.29, 1.82) is 0 Å². The minimum Gasteiger partial charge on any atom is -0.353 e. The van der Waals surface area contributed by atoms with Crippen molar-refractivity contribution in [3.8, 4) is 0 Å². The Morgan fingerprint density at radius 1 is 1.07 bits per heavy atom. The van der Waals surface area contributed by atoms with Crippen molar-refractivity contribution in [2.75, 3.05) is 36.4 Å². The lowest BCUT2D eigenvalue weighted by Crippen LogP contribution is -2.49. The van der Waals surface area contributed by atoms with Gasteiger partial charge in [0.2, 0.25) is 5.91 Å². The van der Waals surface area contributed by atoms with Gasteiger partial charge in [-0.15, -0.1) is 0 Å². The highest BCUT2D eigenvalue weighted by atomic mass is 16.2. The fraction of sp³-hybridized carbons (Fsp3) is 0.545. The summed E-state index contributed by atoms with van der Waals surface area (Å²) < 4.78 is 0. The quantitative estimate of drug-likeness (QED) is 0.808. The molecule has 3 heterocycles. The number of carbonyl (C=O) groups is 1. The third-order valence-corrected chi connectivity index (χ3v) is 6.02. The largest absolute Gasteiger partial charge is 0.353 e. The topological polar surface area (TPSA) is 74.2 Å². The van der Waals surface area contributed by atoms with E-state index in [1.807, 2.05) is 30.0 Å². The Hall–Kier alpha value is -2.70. The van der Waals surface area contributed by atoms with E-state index in [0.29, 0.717) is 12.3 Å². The molecule has 4 rings (SSSR count). The number of nitrogens with zero attached hydrogens (tertiary/aromatic N) is 5. The van der Waals surface area contributed by atoms with Crippen molar-refractivity contribution in [2.24, 2.45) is 5.92 Å². The van der Waals surface area contributed by atoms with E-state index in [1.165, 1.54) is 25.7 Å². The summed E-state index contributed by atoms with van der Waals surface area (Å²) in [5.74, 6) is 3.46. The fourth-order valence-corrected chi connectivity index (χ4v) is 4.29. The van der Waals surface area contributed by atoms with Gasteiger partial charge in [0, 0.05) is 44.9 Å². The number of aryl methyl sites for hydroxylation is 1. The molecule has 0 unspecified atom stereocenters. The first kappa shape index (κ1) is 19.6. The maximum Gasteiger partial charge on any atom is 0.222 e. The Balaban J connectivity index is 1.29. The number of piperazine rings is 1. The number of hydrogen-bond acceptors (Lipinski definition) is 6. The van der Waals surface area contributed by atoms with E-state index in [4.69, 9.17) is 0 Å². The van der Waals surface area contributed by atoms with E-state index in [0.717, 1.165) is 61.5 Å². The van der Waals surface area contributed by atoms with Crippen LogP contribution < -0.4 is 10.2 Å². The summed E-state index contributed by atoms with van der Waals surface area (Å²) in [6, 6.07) is 5.89. The van der Waals surface area contributed by atoms with Crippen LogP contribution in [0.5, 0.6) is 0 Å². The molecule has 1 aliphatic heterocycles. The van der Waals surface area contributed by atoms with Crippen LogP contribution in [0.4, 0.5) is 17.5 Å². The minimum atomic E-state index is 0.312. The zero-order valence-electron chi connectivity index (χ0n) is 17.2. The van der Waals surface area contributed by atoms with Crippen molar-refractivity contribution in [3.05, 3.63) is 36.3 Å². The van der Waals surface area contributed by atoms with E-state index in [2.05, 4.69) is 25.2 Å². The van der Waals surface area contributed by atoms with Crippen LogP contribution in [0.2, 0.25) is 0 Å². The highest BCUT2D eigenvalue weighted by Gasteiger charge is 2.23. The molecule has 2 fully saturated rings. The molecule has 0 bridgehead atoms. The molecule has 2 aromatic heterocycles. The maximum absolute atomic E-state index is 12.5. The molecule has 29 heavy (non-hydrogen) atoms. The van der Waals surface area contributed by atoms with Crippen LogP contribution in [-0.2, 0) is 4.79 Å². The summed E-state index contributed by atoms with van der Waals surface area (Å²) in [7, 11) is 0. The van der Waals surface area contributed by atoms with E-state index in [1.54, 1.807) is 12.5 Å². The first-order valence-electron chi connectivity index (χ1n) is 10.7. The zero-order chi connectivity index (χ0) is 20.1. The average Bonchev–Trinajstić information content (AvgIpc) is 3.26. The molecular formula is C22H30N6O. The molecule has 2 aromatic rings. The zero-order valence-corrected chi connectivity index (χ0v) is 17.2. The second-order valence-electron chi connectivity index (χ2n) is 8.16. The normalized spacial score (nSPS) is 17.6. The maximum atomic E-state index is 12.5. The molecule has 0 spiro atoms. The Morgan fingerprint density at radius 3 is 2.59 bits per heavy atom. The molecule has 7 heteroatoms. The lowest BCUT2D eigenvalue weighted by molar-refractivity contribution is -0.131. The Labute approximate surface area is 172 Å². The highest BCUT2D eigenvalue weighted by molar-refractivity contribution is 5.76. The molecular weight excluding hydrogens is 364 g/mol. The third-order valence-electron chi connectivity index (χ3n) is 6.02. The molecule has 1 saturated heterocycles. The number of aromatic nitrogens is 3. The predicted molar refractivity (Wildman–Crippen MR) is 114 cm³/mol. The van der Waals surface area contributed by atoms with Gasteiger partial charge in [-0.3, -0.25) is 4.79 Å². The number of hydrogen-bond donors (Lipinski definition) is 1. The van der Waals surface area contributed by atoms with Crippen molar-refractivity contribution >= 4 is 23.4 Å². The molecule has 154 valence electrons. The van der Waals surface area contributed by atoms with Crippen LogP contribution in [0.3, 0.4) is 0 Å². The van der Waals surface area contributed by atoms with Crippen LogP contribution in [0, 0.1) is 12.8 Å². The molecule has 1 saturated carbocycles. The van der Waals surface area contributed by atoms with Crippen LogP contribution in [0.1, 0.15) is 44.1 Å². The van der Waals surface area contributed by atoms with Gasteiger partial charge in [0.15, 0.2) is 0 Å². The second-order valence-corrected chi connectivity index (χ2v) is 8.16. The number of nitrogens with one attached hydrogen (secondary N) is 1. The van der Waals surface area contributed by atoms with Gasteiger partial charge in [-0.05, 0) is 37.0 Å². The Kier molecular flexibility index (Phi) is 6.22. The Bertz CT molecular complexity index is 828. The van der Waals surface area contributed by atoms with E-state index >= 15 is 0 Å². The fourth-order valence-electron chi connectivity index (χ4n) is 4.29. The van der Waals surface area contributed by atoms with E-state index in [9.17, 15) is 4.79 Å². The SMILES string of the molecule is Cc1ccnc(Nc2cc(N3CCN(C(=O)CCC4CCCC4)CC3)ncn2)c1. The first-order valence-corrected chi connectivity index (χ1v) is 10.7. The van der Waals surface area contributed by atoms with Crippen molar-refractivity contribution in [1.82, 2.24) is 19.9 Å². The van der Waals surface area contributed by atoms with Crippen LogP contribution in [0.15, 0.2) is 30.7 Å². The van der Waals surface area contributed by atoms with Gasteiger partial charge in [0.25, 0.3) is 0 Å². The van der Waals surface area contributed by atoms with Gasteiger partial charge >= 0.3 is 0 Å². The summed E-state index contributed by atoms with van der Waals surface area (Å²) in [6.07, 6.45) is 10.4. The molecule has 7 nitrogen and oxygen atoms in total. The summed E-state index contributed by atoms with van der Waals surface area (Å²) >= 11 is 0. The molecule has 1 N–H and O–H groups in total. The van der Waals surface area contributed by atoms with Gasteiger partial charge in [-0.2, -0.15) is 0 Å². The summed E-state index contributed by atoms with van der Waals surface area (Å²) in [4.78, 5) is 29.8. The first-order chi connectivity index (χ1) is 14.2. The third kappa shape index (κ3) is 5.22. The lowest BCUT2D eigenvalue weighted by Gasteiger charge is -2.35. The summed E-state index contributed by atoms with van der Waals surface area (Å²) in [6.45, 7) is 5.15. The van der Waals surface area contributed by atoms with Crippen molar-refractivity contribution in [3.63, 3.8) is 0 Å². The van der Waals surface area contributed by atoms with E-state index in [-0.39, 0.29) is 0 Å². The molecule has 1 aliphatic carbocycles. The van der Waals surface area contributed by atoms with Crippen LogP contribution >= 0.6 is 0 Å².